The second-order valence-electron chi connectivity index (χ2n) is 6.77. The van der Waals surface area contributed by atoms with Gasteiger partial charge in [0, 0.05) is 5.39 Å². The third-order valence-corrected chi connectivity index (χ3v) is 4.93. The summed E-state index contributed by atoms with van der Waals surface area (Å²) in [6.07, 6.45) is 1.27. The maximum Gasteiger partial charge on any atom is 0.343 e. The number of amides is 1. The van der Waals surface area contributed by atoms with E-state index in [1.807, 2.05) is 32.9 Å². The molecule has 10 heteroatoms. The summed E-state index contributed by atoms with van der Waals surface area (Å²) in [5, 5.41) is 7.68. The lowest BCUT2D eigenvalue weighted by Gasteiger charge is -2.15. The lowest BCUT2D eigenvalue weighted by atomic mass is 10.0. The van der Waals surface area contributed by atoms with E-state index >= 15 is 0 Å². The van der Waals surface area contributed by atoms with Crippen molar-refractivity contribution in [2.24, 2.45) is 0 Å². The topological polar surface area (TPSA) is 86.1 Å². The monoisotopic (exact) mass is 468 g/mol. The van der Waals surface area contributed by atoms with Gasteiger partial charge >= 0.3 is 5.97 Å². The molecule has 0 atom stereocenters. The van der Waals surface area contributed by atoms with Crippen molar-refractivity contribution in [2.45, 2.75) is 31.5 Å². The zero-order valence-electron chi connectivity index (χ0n) is 16.7. The van der Waals surface area contributed by atoms with Gasteiger partial charge in [0.15, 0.2) is 11.6 Å². The molecule has 2 aromatic heterocycles. The molecule has 0 saturated carbocycles. The van der Waals surface area contributed by atoms with Crippen LogP contribution in [-0.4, -0.2) is 37.0 Å². The van der Waals surface area contributed by atoms with E-state index < -0.39 is 15.7 Å². The first-order valence-corrected chi connectivity index (χ1v) is 10.2. The van der Waals surface area contributed by atoms with Gasteiger partial charge in [-0.25, -0.2) is 9.78 Å². The third-order valence-electron chi connectivity index (χ3n) is 4.41. The summed E-state index contributed by atoms with van der Waals surface area (Å²) in [6.45, 7) is 7.74. The first-order chi connectivity index (χ1) is 14.0. The highest BCUT2D eigenvalue weighted by Gasteiger charge is 2.33. The number of anilines is 1. The van der Waals surface area contributed by atoms with Gasteiger partial charge in [-0.1, -0.05) is 46.4 Å². The molecule has 0 saturated heterocycles. The van der Waals surface area contributed by atoms with E-state index in [-0.39, 0.29) is 18.0 Å². The van der Waals surface area contributed by atoms with Crippen molar-refractivity contribution in [3.8, 4) is 5.82 Å². The quantitative estimate of drug-likeness (QED) is 0.437. The number of fused-ring (bicyclic) bond motifs is 1. The Labute approximate surface area is 188 Å². The highest BCUT2D eigenvalue weighted by atomic mass is 35.6. The van der Waals surface area contributed by atoms with Crippen LogP contribution in [0.2, 0.25) is 0 Å². The molecule has 158 valence electrons. The van der Waals surface area contributed by atoms with E-state index in [9.17, 15) is 9.59 Å². The SMILES string of the molecule is CCOC(=O)c1cnn(-c2cc(C)c3cc(C)cc(C)c3n2)c1NC(=O)C(Cl)(Cl)Cl. The number of aromatic nitrogens is 3. The Bertz CT molecular complexity index is 1150. The molecule has 0 spiro atoms. The number of alkyl halides is 3. The highest BCUT2D eigenvalue weighted by Crippen LogP contribution is 2.30. The molecule has 0 aliphatic carbocycles. The van der Waals surface area contributed by atoms with E-state index in [0.717, 1.165) is 27.6 Å². The minimum absolute atomic E-state index is 0.000731. The van der Waals surface area contributed by atoms with Crippen LogP contribution in [0.5, 0.6) is 0 Å². The zero-order valence-corrected chi connectivity index (χ0v) is 19.0. The minimum Gasteiger partial charge on any atom is -0.462 e. The van der Waals surface area contributed by atoms with Gasteiger partial charge in [0.05, 0.1) is 18.3 Å². The molecular formula is C20H19Cl3N4O3. The Kier molecular flexibility index (Phi) is 6.26. The average Bonchev–Trinajstić information content (AvgIpc) is 3.05. The van der Waals surface area contributed by atoms with Crippen molar-refractivity contribution < 1.29 is 14.3 Å². The predicted molar refractivity (Wildman–Crippen MR) is 118 cm³/mol. The van der Waals surface area contributed by atoms with E-state index in [1.54, 1.807) is 13.0 Å². The van der Waals surface area contributed by atoms with Gasteiger partial charge in [-0.2, -0.15) is 9.78 Å². The van der Waals surface area contributed by atoms with Crippen LogP contribution in [0.15, 0.2) is 24.4 Å². The largest absolute Gasteiger partial charge is 0.462 e. The van der Waals surface area contributed by atoms with Crippen molar-refractivity contribution >= 4 is 63.4 Å². The number of aryl methyl sites for hydroxylation is 3. The number of rotatable bonds is 4. The van der Waals surface area contributed by atoms with Crippen molar-refractivity contribution in [1.29, 1.82) is 0 Å². The molecule has 7 nitrogen and oxygen atoms in total. The van der Waals surface area contributed by atoms with E-state index in [2.05, 4.69) is 10.4 Å². The molecular weight excluding hydrogens is 451 g/mol. The number of pyridine rings is 1. The van der Waals surface area contributed by atoms with Crippen molar-refractivity contribution in [2.75, 3.05) is 11.9 Å². The van der Waals surface area contributed by atoms with Gasteiger partial charge in [-0.05, 0) is 51.0 Å². The molecule has 1 amide bonds. The molecule has 2 heterocycles. The molecule has 3 rings (SSSR count). The minimum atomic E-state index is -2.23. The summed E-state index contributed by atoms with van der Waals surface area (Å²) < 4.78 is 4.13. The van der Waals surface area contributed by atoms with Gasteiger partial charge in [0.1, 0.15) is 5.56 Å². The highest BCUT2D eigenvalue weighted by molar-refractivity contribution is 6.76. The zero-order chi connectivity index (χ0) is 22.2. The number of hydrogen-bond acceptors (Lipinski definition) is 5. The number of ether oxygens (including phenoxy) is 1. The first kappa shape index (κ1) is 22.3. The number of carbonyl (C=O) groups is 2. The maximum atomic E-state index is 12.4. The molecule has 3 aromatic rings. The molecule has 1 N–H and O–H groups in total. The van der Waals surface area contributed by atoms with Gasteiger partial charge in [0.25, 0.3) is 9.70 Å². The van der Waals surface area contributed by atoms with Crippen LogP contribution < -0.4 is 5.32 Å². The standard InChI is InChI=1S/C20H19Cl3N4O3/c1-5-30-18(28)14-9-24-27(17(14)26-19(29)20(21,22)23)15-8-11(3)13-7-10(2)6-12(4)16(13)25-15/h6-9H,5H2,1-4H3,(H,26,29). The van der Waals surface area contributed by atoms with Crippen LogP contribution in [0.3, 0.4) is 0 Å². The Balaban J connectivity index is 2.20. The van der Waals surface area contributed by atoms with Gasteiger partial charge in [0.2, 0.25) is 0 Å². The Morgan fingerprint density at radius 1 is 1.13 bits per heavy atom. The van der Waals surface area contributed by atoms with Crippen molar-refractivity contribution in [3.63, 3.8) is 0 Å². The fourth-order valence-corrected chi connectivity index (χ4v) is 3.26. The fourth-order valence-electron chi connectivity index (χ4n) is 3.11. The van der Waals surface area contributed by atoms with Crippen LogP contribution in [0.25, 0.3) is 16.7 Å². The normalized spacial score (nSPS) is 11.6. The third kappa shape index (κ3) is 4.38. The summed E-state index contributed by atoms with van der Waals surface area (Å²) in [6, 6.07) is 5.87. The molecule has 1 aromatic carbocycles. The molecule has 0 aliphatic rings. The van der Waals surface area contributed by atoms with Crippen LogP contribution in [0.4, 0.5) is 5.82 Å². The van der Waals surface area contributed by atoms with Gasteiger partial charge < -0.3 is 10.1 Å². The smallest absolute Gasteiger partial charge is 0.343 e. The van der Waals surface area contributed by atoms with Crippen molar-refractivity contribution in [1.82, 2.24) is 14.8 Å². The lowest BCUT2D eigenvalue weighted by molar-refractivity contribution is -0.115. The Hall–Kier alpha value is -2.35. The molecule has 0 unspecified atom stereocenters. The number of nitrogens with one attached hydrogen (secondary N) is 1. The maximum absolute atomic E-state index is 12.4. The molecule has 0 bridgehead atoms. The summed E-state index contributed by atoms with van der Waals surface area (Å²) in [7, 11) is 0. The molecule has 0 aliphatic heterocycles. The predicted octanol–water partition coefficient (Wildman–Crippen LogP) is 4.83. The fraction of sp³-hybridized carbons (Fsp3) is 0.300. The van der Waals surface area contributed by atoms with Crippen LogP contribution in [0.1, 0.15) is 34.0 Å². The number of carbonyl (C=O) groups excluding carboxylic acids is 2. The van der Waals surface area contributed by atoms with Crippen LogP contribution in [-0.2, 0) is 9.53 Å². The summed E-state index contributed by atoms with van der Waals surface area (Å²) in [5.74, 6) is -1.22. The van der Waals surface area contributed by atoms with E-state index in [1.165, 1.54) is 10.9 Å². The van der Waals surface area contributed by atoms with Crippen LogP contribution >= 0.6 is 34.8 Å². The second-order valence-corrected chi connectivity index (χ2v) is 9.05. The number of hydrogen-bond donors (Lipinski definition) is 1. The molecule has 0 radical (unpaired) electrons. The van der Waals surface area contributed by atoms with Crippen molar-refractivity contribution in [3.05, 3.63) is 46.6 Å². The van der Waals surface area contributed by atoms with E-state index in [0.29, 0.717) is 5.82 Å². The number of halogens is 3. The second kappa shape index (κ2) is 8.41. The number of nitrogens with zero attached hydrogens (tertiary/aromatic N) is 3. The number of benzene rings is 1. The molecule has 0 fully saturated rings. The summed E-state index contributed by atoms with van der Waals surface area (Å²) in [5.41, 5.74) is 3.85. The van der Waals surface area contributed by atoms with Crippen LogP contribution in [0, 0.1) is 20.8 Å². The average molecular weight is 470 g/mol. The summed E-state index contributed by atoms with van der Waals surface area (Å²) >= 11 is 17.1. The molecule has 30 heavy (non-hydrogen) atoms. The Morgan fingerprint density at radius 3 is 2.47 bits per heavy atom. The summed E-state index contributed by atoms with van der Waals surface area (Å²) in [4.78, 5) is 29.4. The Morgan fingerprint density at radius 2 is 1.83 bits per heavy atom. The van der Waals surface area contributed by atoms with Gasteiger partial charge in [-0.15, -0.1) is 0 Å². The lowest BCUT2D eigenvalue weighted by Crippen LogP contribution is -2.29. The first-order valence-electron chi connectivity index (χ1n) is 9.05. The van der Waals surface area contributed by atoms with Gasteiger partial charge in [-0.3, -0.25) is 4.79 Å². The van der Waals surface area contributed by atoms with E-state index in [4.69, 9.17) is 44.5 Å². The number of esters is 1.